The van der Waals surface area contributed by atoms with Crippen LogP contribution in [0.4, 0.5) is 23.2 Å². The van der Waals surface area contributed by atoms with Crippen molar-refractivity contribution in [2.24, 2.45) is 0 Å². The van der Waals surface area contributed by atoms with Gasteiger partial charge in [0.05, 0.1) is 16.1 Å². The molecule has 2 rings (SSSR count). The standard InChI is InChI=1S/C15H11F4NO4S/c16-11-4-6-13(7-5-11)25(23,24)20(9-14(21)22)12-3-1-2-10(8-12)15(17,18)19/h1-8H,9H2,(H,21,22). The highest BCUT2D eigenvalue weighted by atomic mass is 32.2. The molecule has 134 valence electrons. The summed E-state index contributed by atoms with van der Waals surface area (Å²) in [5.41, 5.74) is -1.60. The number of anilines is 1. The van der Waals surface area contributed by atoms with Crippen molar-refractivity contribution < 1.29 is 35.9 Å². The third kappa shape index (κ3) is 4.27. The van der Waals surface area contributed by atoms with E-state index in [-0.39, 0.29) is 0 Å². The number of carbonyl (C=O) groups is 1. The van der Waals surface area contributed by atoms with Gasteiger partial charge in [-0.1, -0.05) is 6.07 Å². The molecule has 0 atom stereocenters. The molecule has 0 spiro atoms. The lowest BCUT2D eigenvalue weighted by molar-refractivity contribution is -0.137. The minimum Gasteiger partial charge on any atom is -0.480 e. The highest BCUT2D eigenvalue weighted by molar-refractivity contribution is 7.92. The van der Waals surface area contributed by atoms with Gasteiger partial charge in [-0.3, -0.25) is 9.10 Å². The van der Waals surface area contributed by atoms with E-state index in [1.807, 2.05) is 0 Å². The van der Waals surface area contributed by atoms with Gasteiger partial charge in [0.2, 0.25) is 0 Å². The Labute approximate surface area is 140 Å². The van der Waals surface area contributed by atoms with E-state index < -0.39 is 50.7 Å². The van der Waals surface area contributed by atoms with Gasteiger partial charge in [-0.15, -0.1) is 0 Å². The Bertz CT molecular complexity index is 879. The van der Waals surface area contributed by atoms with Gasteiger partial charge in [-0.25, -0.2) is 12.8 Å². The van der Waals surface area contributed by atoms with E-state index in [1.54, 1.807) is 0 Å². The quantitative estimate of drug-likeness (QED) is 0.813. The number of alkyl halides is 3. The SMILES string of the molecule is O=C(O)CN(c1cccc(C(F)(F)F)c1)S(=O)(=O)c1ccc(F)cc1. The zero-order valence-electron chi connectivity index (χ0n) is 12.4. The highest BCUT2D eigenvalue weighted by Gasteiger charge is 2.33. The van der Waals surface area contributed by atoms with Crippen LogP contribution in [0.5, 0.6) is 0 Å². The number of halogens is 4. The van der Waals surface area contributed by atoms with E-state index in [0.717, 1.165) is 42.5 Å². The molecular weight excluding hydrogens is 366 g/mol. The van der Waals surface area contributed by atoms with Crippen LogP contribution in [-0.4, -0.2) is 26.0 Å². The first-order valence-electron chi connectivity index (χ1n) is 6.69. The molecule has 25 heavy (non-hydrogen) atoms. The van der Waals surface area contributed by atoms with Gasteiger partial charge in [0.25, 0.3) is 10.0 Å². The fraction of sp³-hybridized carbons (Fsp3) is 0.133. The molecule has 5 nitrogen and oxygen atoms in total. The van der Waals surface area contributed by atoms with Crippen molar-refractivity contribution in [3.63, 3.8) is 0 Å². The zero-order chi connectivity index (χ0) is 18.8. The van der Waals surface area contributed by atoms with Gasteiger partial charge >= 0.3 is 12.1 Å². The van der Waals surface area contributed by atoms with Gasteiger partial charge < -0.3 is 5.11 Å². The molecule has 0 heterocycles. The second kappa shape index (κ2) is 6.71. The fourth-order valence-electron chi connectivity index (χ4n) is 2.01. The van der Waals surface area contributed by atoms with Crippen LogP contribution in [-0.2, 0) is 21.0 Å². The molecule has 0 aliphatic rings. The third-order valence-corrected chi connectivity index (χ3v) is 4.93. The Balaban J connectivity index is 2.57. The molecular formula is C15H11F4NO4S. The Kier molecular flexibility index (Phi) is 5.02. The van der Waals surface area contributed by atoms with Gasteiger partial charge in [0.1, 0.15) is 12.4 Å². The lowest BCUT2D eigenvalue weighted by Gasteiger charge is -2.23. The van der Waals surface area contributed by atoms with Crippen molar-refractivity contribution in [1.29, 1.82) is 0 Å². The predicted octanol–water partition coefficient (Wildman–Crippen LogP) is 3.12. The molecule has 0 saturated heterocycles. The number of nitrogens with zero attached hydrogens (tertiary/aromatic N) is 1. The molecule has 0 radical (unpaired) electrons. The van der Waals surface area contributed by atoms with E-state index in [9.17, 15) is 30.8 Å². The summed E-state index contributed by atoms with van der Waals surface area (Å²) in [7, 11) is -4.51. The van der Waals surface area contributed by atoms with Gasteiger partial charge in [-0.2, -0.15) is 13.2 Å². The first kappa shape index (κ1) is 18.7. The molecule has 10 heteroatoms. The molecule has 1 N–H and O–H groups in total. The molecule has 0 saturated carbocycles. The van der Waals surface area contributed by atoms with Crippen molar-refractivity contribution in [2.45, 2.75) is 11.1 Å². The number of carboxylic acids is 1. The molecule has 0 amide bonds. The van der Waals surface area contributed by atoms with Crippen molar-refractivity contribution in [3.05, 3.63) is 59.9 Å². The molecule has 2 aromatic carbocycles. The molecule has 2 aromatic rings. The second-order valence-electron chi connectivity index (χ2n) is 4.91. The average Bonchev–Trinajstić information content (AvgIpc) is 2.52. The Morgan fingerprint density at radius 3 is 2.20 bits per heavy atom. The number of carboxylic acid groups (broad SMARTS) is 1. The smallest absolute Gasteiger partial charge is 0.416 e. The summed E-state index contributed by atoms with van der Waals surface area (Å²) in [6, 6.07) is 6.75. The normalized spacial score (nSPS) is 12.0. The van der Waals surface area contributed by atoms with Crippen LogP contribution in [0, 0.1) is 5.82 Å². The topological polar surface area (TPSA) is 74.7 Å². The van der Waals surface area contributed by atoms with E-state index in [0.29, 0.717) is 10.4 Å². The Hall–Kier alpha value is -2.62. The van der Waals surface area contributed by atoms with Crippen LogP contribution >= 0.6 is 0 Å². The van der Waals surface area contributed by atoms with Crippen LogP contribution in [0.1, 0.15) is 5.56 Å². The molecule has 0 bridgehead atoms. The minimum atomic E-state index is -4.73. The number of hydrogen-bond acceptors (Lipinski definition) is 3. The first-order valence-corrected chi connectivity index (χ1v) is 8.13. The van der Waals surface area contributed by atoms with E-state index in [4.69, 9.17) is 5.11 Å². The lowest BCUT2D eigenvalue weighted by Crippen LogP contribution is -2.36. The second-order valence-corrected chi connectivity index (χ2v) is 6.77. The van der Waals surface area contributed by atoms with Crippen LogP contribution in [0.2, 0.25) is 0 Å². The largest absolute Gasteiger partial charge is 0.480 e. The number of sulfonamides is 1. The molecule has 0 aromatic heterocycles. The molecule has 0 aliphatic heterocycles. The summed E-state index contributed by atoms with van der Waals surface area (Å²) in [6.45, 7) is -1.10. The summed E-state index contributed by atoms with van der Waals surface area (Å²) < 4.78 is 77.0. The number of aliphatic carboxylic acids is 1. The maximum Gasteiger partial charge on any atom is 0.416 e. The van der Waals surface area contributed by atoms with Crippen molar-refractivity contribution in [3.8, 4) is 0 Å². The third-order valence-electron chi connectivity index (χ3n) is 3.14. The summed E-state index contributed by atoms with van der Waals surface area (Å²) in [5, 5.41) is 8.94. The number of benzene rings is 2. The number of rotatable bonds is 5. The highest BCUT2D eigenvalue weighted by Crippen LogP contribution is 2.33. The van der Waals surface area contributed by atoms with Gasteiger partial charge in [0.15, 0.2) is 0 Å². The summed E-state index contributed by atoms with van der Waals surface area (Å²) in [4.78, 5) is 10.6. The Morgan fingerprint density at radius 2 is 1.68 bits per heavy atom. The van der Waals surface area contributed by atoms with Gasteiger partial charge in [0, 0.05) is 0 Å². The molecule has 0 unspecified atom stereocenters. The Morgan fingerprint density at radius 1 is 1.08 bits per heavy atom. The van der Waals surface area contributed by atoms with Gasteiger partial charge in [-0.05, 0) is 42.5 Å². The average molecular weight is 377 g/mol. The summed E-state index contributed by atoms with van der Waals surface area (Å²) >= 11 is 0. The maximum absolute atomic E-state index is 13.0. The maximum atomic E-state index is 13.0. The molecule has 0 aliphatic carbocycles. The molecule has 0 fully saturated rings. The number of hydrogen-bond donors (Lipinski definition) is 1. The summed E-state index contributed by atoms with van der Waals surface area (Å²) in [6.07, 6.45) is -4.73. The van der Waals surface area contributed by atoms with Crippen molar-refractivity contribution in [2.75, 3.05) is 10.8 Å². The van der Waals surface area contributed by atoms with Crippen molar-refractivity contribution >= 4 is 21.7 Å². The summed E-state index contributed by atoms with van der Waals surface area (Å²) in [5.74, 6) is -2.29. The fourth-order valence-corrected chi connectivity index (χ4v) is 3.42. The zero-order valence-corrected chi connectivity index (χ0v) is 13.2. The van der Waals surface area contributed by atoms with Crippen LogP contribution in [0.25, 0.3) is 0 Å². The van der Waals surface area contributed by atoms with Crippen LogP contribution in [0.15, 0.2) is 53.4 Å². The van der Waals surface area contributed by atoms with E-state index in [2.05, 4.69) is 0 Å². The minimum absolute atomic E-state index is 0.317. The van der Waals surface area contributed by atoms with E-state index >= 15 is 0 Å². The van der Waals surface area contributed by atoms with Crippen molar-refractivity contribution in [1.82, 2.24) is 0 Å². The first-order chi connectivity index (χ1) is 11.5. The monoisotopic (exact) mass is 377 g/mol. The lowest BCUT2D eigenvalue weighted by atomic mass is 10.2. The van der Waals surface area contributed by atoms with Crippen LogP contribution in [0.3, 0.4) is 0 Å². The predicted molar refractivity (Wildman–Crippen MR) is 80.0 cm³/mol. The van der Waals surface area contributed by atoms with E-state index in [1.165, 1.54) is 0 Å². The van der Waals surface area contributed by atoms with Crippen LogP contribution < -0.4 is 4.31 Å².